The molecule has 0 aromatic heterocycles. The van der Waals surface area contributed by atoms with E-state index in [1.165, 1.54) is 12.1 Å². The molecule has 0 saturated heterocycles. The predicted octanol–water partition coefficient (Wildman–Crippen LogP) is 4.04. The number of hydrogen-bond acceptors (Lipinski definition) is 1. The first kappa shape index (κ1) is 12.7. The molecule has 1 atom stereocenters. The zero-order chi connectivity index (χ0) is 13.2. The molecule has 1 aliphatic rings. The van der Waals surface area contributed by atoms with Gasteiger partial charge in [0, 0.05) is 23.8 Å². The number of Topliss-reactive ketones (excluding diaryl/α,β-unsaturated/α-hetero) is 1. The Labute approximate surface area is 107 Å². The van der Waals surface area contributed by atoms with Crippen LogP contribution in [0.4, 0.5) is 4.39 Å². The highest BCUT2D eigenvalue weighted by molar-refractivity contribution is 5.82. The third kappa shape index (κ3) is 2.03. The van der Waals surface area contributed by atoms with Crippen LogP contribution in [0.25, 0.3) is 6.08 Å². The molecule has 1 saturated carbocycles. The van der Waals surface area contributed by atoms with Crippen molar-refractivity contribution in [3.63, 3.8) is 0 Å². The van der Waals surface area contributed by atoms with Crippen LogP contribution >= 0.6 is 0 Å². The van der Waals surface area contributed by atoms with Crippen molar-refractivity contribution in [1.82, 2.24) is 0 Å². The summed E-state index contributed by atoms with van der Waals surface area (Å²) in [5.41, 5.74) is 0.897. The molecule has 1 unspecified atom stereocenters. The lowest BCUT2D eigenvalue weighted by Gasteiger charge is -2.35. The van der Waals surface area contributed by atoms with Crippen LogP contribution in [-0.4, -0.2) is 5.78 Å². The van der Waals surface area contributed by atoms with E-state index in [0.717, 1.165) is 18.4 Å². The minimum atomic E-state index is -0.430. The minimum Gasteiger partial charge on any atom is -0.300 e. The summed E-state index contributed by atoms with van der Waals surface area (Å²) in [5, 5.41) is 0. The quantitative estimate of drug-likeness (QED) is 0.733. The summed E-state index contributed by atoms with van der Waals surface area (Å²) in [5.74, 6) is -0.0674. The molecule has 0 amide bonds. The maximum atomic E-state index is 13.8. The first-order valence-corrected chi connectivity index (χ1v) is 6.20. The number of benzene rings is 1. The van der Waals surface area contributed by atoms with Crippen LogP contribution in [-0.2, 0) is 10.2 Å². The molecule has 94 valence electrons. The first-order valence-electron chi connectivity index (χ1n) is 6.20. The van der Waals surface area contributed by atoms with Crippen molar-refractivity contribution >= 4 is 11.9 Å². The molecule has 0 radical (unpaired) electrons. The van der Waals surface area contributed by atoms with Crippen molar-refractivity contribution in [2.24, 2.45) is 0 Å². The Morgan fingerprint density at radius 3 is 2.72 bits per heavy atom. The van der Waals surface area contributed by atoms with E-state index in [9.17, 15) is 9.18 Å². The number of halogens is 1. The number of ketones is 1. The average molecular weight is 244 g/mol. The molecular weight excluding hydrogens is 227 g/mol. The van der Waals surface area contributed by atoms with Gasteiger partial charge in [-0.2, -0.15) is 0 Å². The molecular formula is C16H17FO. The van der Waals surface area contributed by atoms with Gasteiger partial charge in [-0.3, -0.25) is 4.79 Å². The molecule has 0 bridgehead atoms. The van der Waals surface area contributed by atoms with Crippen molar-refractivity contribution in [3.05, 3.63) is 54.4 Å². The second kappa shape index (κ2) is 4.89. The van der Waals surface area contributed by atoms with E-state index in [0.29, 0.717) is 18.4 Å². The van der Waals surface area contributed by atoms with Crippen LogP contribution < -0.4 is 0 Å². The predicted molar refractivity (Wildman–Crippen MR) is 71.8 cm³/mol. The fraction of sp³-hybridized carbons (Fsp3) is 0.312. The smallest absolute Gasteiger partial charge is 0.134 e. The Kier molecular flexibility index (Phi) is 3.46. The largest absolute Gasteiger partial charge is 0.300 e. The second-order valence-corrected chi connectivity index (χ2v) is 4.83. The van der Waals surface area contributed by atoms with E-state index in [1.54, 1.807) is 12.1 Å². The van der Waals surface area contributed by atoms with Crippen molar-refractivity contribution in [2.75, 3.05) is 0 Å². The SMILES string of the molecule is C=Cc1c(F)cccc1C1(C=C)CCCC(=O)C1. The zero-order valence-electron chi connectivity index (χ0n) is 10.4. The van der Waals surface area contributed by atoms with Gasteiger partial charge < -0.3 is 0 Å². The Morgan fingerprint density at radius 1 is 1.33 bits per heavy atom. The maximum Gasteiger partial charge on any atom is 0.134 e. The molecule has 1 aromatic carbocycles. The van der Waals surface area contributed by atoms with Gasteiger partial charge in [0.25, 0.3) is 0 Å². The molecule has 1 aromatic rings. The standard InChI is InChI=1S/C16H17FO/c1-3-13-14(8-5-9-15(13)17)16(4-2)10-6-7-12(18)11-16/h3-5,8-9H,1-2,6-7,10-11H2. The summed E-state index contributed by atoms with van der Waals surface area (Å²) in [6, 6.07) is 4.98. The molecule has 1 aliphatic carbocycles. The molecule has 2 rings (SSSR count). The monoisotopic (exact) mass is 244 g/mol. The van der Waals surface area contributed by atoms with E-state index >= 15 is 0 Å². The van der Waals surface area contributed by atoms with Crippen molar-refractivity contribution < 1.29 is 9.18 Å². The van der Waals surface area contributed by atoms with Crippen LogP contribution in [0.15, 0.2) is 37.4 Å². The summed E-state index contributed by atoms with van der Waals surface area (Å²) in [6.45, 7) is 7.54. The number of carbonyl (C=O) groups excluding carboxylic acids is 1. The van der Waals surface area contributed by atoms with Gasteiger partial charge in [0.2, 0.25) is 0 Å². The van der Waals surface area contributed by atoms with Crippen LogP contribution in [0.3, 0.4) is 0 Å². The van der Waals surface area contributed by atoms with Gasteiger partial charge >= 0.3 is 0 Å². The Bertz CT molecular complexity index is 504. The topological polar surface area (TPSA) is 17.1 Å². The first-order chi connectivity index (χ1) is 8.63. The van der Waals surface area contributed by atoms with Gasteiger partial charge in [-0.05, 0) is 24.5 Å². The summed E-state index contributed by atoms with van der Waals surface area (Å²) in [4.78, 5) is 11.7. The maximum absolute atomic E-state index is 13.8. The molecule has 2 heteroatoms. The Balaban J connectivity index is 2.57. The molecule has 0 N–H and O–H groups in total. The zero-order valence-corrected chi connectivity index (χ0v) is 10.4. The van der Waals surface area contributed by atoms with E-state index in [2.05, 4.69) is 13.2 Å². The molecule has 0 aliphatic heterocycles. The summed E-state index contributed by atoms with van der Waals surface area (Å²) < 4.78 is 13.8. The van der Waals surface area contributed by atoms with E-state index in [4.69, 9.17) is 0 Å². The third-order valence-electron chi connectivity index (χ3n) is 3.78. The lowest BCUT2D eigenvalue weighted by Crippen LogP contribution is -2.32. The minimum absolute atomic E-state index is 0.223. The fourth-order valence-electron chi connectivity index (χ4n) is 2.82. The van der Waals surface area contributed by atoms with Crippen LogP contribution in [0.1, 0.15) is 36.8 Å². The van der Waals surface area contributed by atoms with Gasteiger partial charge in [-0.25, -0.2) is 4.39 Å². The fourth-order valence-corrected chi connectivity index (χ4v) is 2.82. The third-order valence-corrected chi connectivity index (χ3v) is 3.78. The lowest BCUT2D eigenvalue weighted by molar-refractivity contribution is -0.121. The van der Waals surface area contributed by atoms with Gasteiger partial charge in [-0.1, -0.05) is 30.9 Å². The highest BCUT2D eigenvalue weighted by Crippen LogP contribution is 2.41. The van der Waals surface area contributed by atoms with Gasteiger partial charge in [0.15, 0.2) is 0 Å². The van der Waals surface area contributed by atoms with Gasteiger partial charge in [0.05, 0.1) is 0 Å². The van der Waals surface area contributed by atoms with E-state index in [1.807, 2.05) is 6.07 Å². The van der Waals surface area contributed by atoms with Crippen molar-refractivity contribution in [3.8, 4) is 0 Å². The summed E-state index contributed by atoms with van der Waals surface area (Å²) in [7, 11) is 0. The molecule has 0 heterocycles. The Morgan fingerprint density at radius 2 is 2.11 bits per heavy atom. The average Bonchev–Trinajstić information content (AvgIpc) is 2.38. The van der Waals surface area contributed by atoms with Gasteiger partial charge in [0.1, 0.15) is 11.6 Å². The number of hydrogen-bond donors (Lipinski definition) is 0. The van der Waals surface area contributed by atoms with Gasteiger partial charge in [-0.15, -0.1) is 6.58 Å². The van der Waals surface area contributed by atoms with Crippen LogP contribution in [0.5, 0.6) is 0 Å². The highest BCUT2D eigenvalue weighted by Gasteiger charge is 2.36. The molecule has 1 nitrogen and oxygen atoms in total. The summed E-state index contributed by atoms with van der Waals surface area (Å²) in [6.07, 6.45) is 6.03. The molecule has 1 fully saturated rings. The highest BCUT2D eigenvalue weighted by atomic mass is 19.1. The van der Waals surface area contributed by atoms with Crippen molar-refractivity contribution in [1.29, 1.82) is 0 Å². The molecule has 18 heavy (non-hydrogen) atoms. The molecule has 0 spiro atoms. The lowest BCUT2D eigenvalue weighted by atomic mass is 9.68. The number of carbonyl (C=O) groups is 1. The summed E-state index contributed by atoms with van der Waals surface area (Å²) >= 11 is 0. The van der Waals surface area contributed by atoms with E-state index in [-0.39, 0.29) is 11.6 Å². The second-order valence-electron chi connectivity index (χ2n) is 4.83. The van der Waals surface area contributed by atoms with Crippen molar-refractivity contribution in [2.45, 2.75) is 31.1 Å². The van der Waals surface area contributed by atoms with Crippen LogP contribution in [0.2, 0.25) is 0 Å². The van der Waals surface area contributed by atoms with Crippen LogP contribution in [0, 0.1) is 5.82 Å². The van der Waals surface area contributed by atoms with E-state index < -0.39 is 5.41 Å². The normalized spacial score (nSPS) is 23.7. The number of allylic oxidation sites excluding steroid dienone is 1. The Hall–Kier alpha value is -1.70. The number of rotatable bonds is 3.